The number of aryl methyl sites for hydroxylation is 2. The molecule has 2 aromatic carbocycles. The van der Waals surface area contributed by atoms with Crippen LogP contribution in [0.2, 0.25) is 10.0 Å². The summed E-state index contributed by atoms with van der Waals surface area (Å²) in [7, 11) is 2.70. The van der Waals surface area contributed by atoms with E-state index in [-0.39, 0.29) is 27.1 Å². The minimum absolute atomic E-state index is 0.0605. The number of carbonyl (C=O) groups is 2. The summed E-state index contributed by atoms with van der Waals surface area (Å²) in [6.07, 6.45) is 0. The fourth-order valence-electron chi connectivity index (χ4n) is 2.51. The van der Waals surface area contributed by atoms with Crippen LogP contribution >= 0.6 is 23.2 Å². The van der Waals surface area contributed by atoms with Crippen LogP contribution in [0.3, 0.4) is 0 Å². The zero-order valence-corrected chi connectivity index (χ0v) is 16.2. The Bertz CT molecular complexity index is 820. The van der Waals surface area contributed by atoms with Gasteiger partial charge in [-0.15, -0.1) is 0 Å². The quantitative estimate of drug-likeness (QED) is 0.791. The second kappa shape index (κ2) is 8.29. The fraction of sp³-hybridized carbons (Fsp3) is 0.222. The van der Waals surface area contributed by atoms with Crippen molar-refractivity contribution in [2.24, 2.45) is 0 Å². The molecule has 0 spiro atoms. The highest BCUT2D eigenvalue weighted by Crippen LogP contribution is 2.40. The van der Waals surface area contributed by atoms with E-state index in [2.05, 4.69) is 10.6 Å². The molecule has 8 heteroatoms. The van der Waals surface area contributed by atoms with Gasteiger partial charge in [-0.05, 0) is 31.0 Å². The van der Waals surface area contributed by atoms with E-state index in [1.165, 1.54) is 20.3 Å². The molecule has 2 N–H and O–H groups in total. The van der Waals surface area contributed by atoms with Crippen molar-refractivity contribution >= 4 is 40.8 Å². The van der Waals surface area contributed by atoms with Gasteiger partial charge in [0.25, 0.3) is 5.91 Å². The van der Waals surface area contributed by atoms with E-state index in [0.717, 1.165) is 11.1 Å². The summed E-state index contributed by atoms with van der Waals surface area (Å²) in [4.78, 5) is 24.9. The molecular formula is C18H18Cl2N2O4. The van der Waals surface area contributed by atoms with E-state index in [4.69, 9.17) is 32.7 Å². The van der Waals surface area contributed by atoms with Crippen molar-refractivity contribution in [1.29, 1.82) is 0 Å². The van der Waals surface area contributed by atoms with Gasteiger partial charge in [-0.2, -0.15) is 0 Å². The average molecular weight is 397 g/mol. The van der Waals surface area contributed by atoms with Gasteiger partial charge in [0.15, 0.2) is 11.5 Å². The lowest BCUT2D eigenvalue weighted by molar-refractivity contribution is 0.0961. The standard InChI is InChI=1S/C18H18Cl2N2O4/c1-9-6-5-7-10(2)14(9)21-18(24)22-17(23)13-15(25-3)11(19)8-12(20)16(13)26-4/h5-8H,1-4H3,(H2,21,22,23,24). The number of rotatable bonds is 4. The van der Waals surface area contributed by atoms with Crippen molar-refractivity contribution in [3.05, 3.63) is 51.0 Å². The predicted molar refractivity (Wildman–Crippen MR) is 102 cm³/mol. The van der Waals surface area contributed by atoms with E-state index in [0.29, 0.717) is 5.69 Å². The number of hydrogen-bond donors (Lipinski definition) is 2. The lowest BCUT2D eigenvalue weighted by Gasteiger charge is -2.16. The van der Waals surface area contributed by atoms with Crippen LogP contribution in [0.15, 0.2) is 24.3 Å². The van der Waals surface area contributed by atoms with Crippen LogP contribution in [-0.2, 0) is 0 Å². The monoisotopic (exact) mass is 396 g/mol. The van der Waals surface area contributed by atoms with Crippen molar-refractivity contribution in [3.8, 4) is 11.5 Å². The van der Waals surface area contributed by atoms with Gasteiger partial charge >= 0.3 is 6.03 Å². The maximum absolute atomic E-state index is 12.6. The molecule has 0 bridgehead atoms. The minimum Gasteiger partial charge on any atom is -0.494 e. The first kappa shape index (κ1) is 19.9. The third kappa shape index (κ3) is 4.03. The summed E-state index contributed by atoms with van der Waals surface area (Å²) in [5.41, 5.74) is 2.30. The largest absolute Gasteiger partial charge is 0.494 e. The number of benzene rings is 2. The van der Waals surface area contributed by atoms with E-state index in [1.807, 2.05) is 32.0 Å². The molecule has 0 aromatic heterocycles. The van der Waals surface area contributed by atoms with E-state index >= 15 is 0 Å². The predicted octanol–water partition coefficient (Wildman–Crippen LogP) is 4.59. The molecule has 2 aromatic rings. The van der Waals surface area contributed by atoms with Gasteiger partial charge < -0.3 is 14.8 Å². The SMILES string of the molecule is COc1c(Cl)cc(Cl)c(OC)c1C(=O)NC(=O)Nc1c(C)cccc1C. The Morgan fingerprint density at radius 1 is 0.962 bits per heavy atom. The first-order valence-corrected chi connectivity index (χ1v) is 8.34. The van der Waals surface area contributed by atoms with Crippen LogP contribution in [0.1, 0.15) is 21.5 Å². The molecular weight excluding hydrogens is 379 g/mol. The third-order valence-electron chi connectivity index (χ3n) is 3.72. The van der Waals surface area contributed by atoms with Gasteiger partial charge in [0.2, 0.25) is 0 Å². The summed E-state index contributed by atoms with van der Waals surface area (Å²) < 4.78 is 10.3. The number of carbonyl (C=O) groups excluding carboxylic acids is 2. The van der Waals surface area contributed by atoms with Crippen molar-refractivity contribution in [1.82, 2.24) is 5.32 Å². The summed E-state index contributed by atoms with van der Waals surface area (Å²) in [5, 5.41) is 5.15. The molecule has 6 nitrogen and oxygen atoms in total. The molecule has 2 rings (SSSR count). The van der Waals surface area contributed by atoms with E-state index in [1.54, 1.807) is 0 Å². The highest BCUT2D eigenvalue weighted by Gasteiger charge is 2.25. The zero-order chi connectivity index (χ0) is 19.4. The van der Waals surface area contributed by atoms with Gasteiger partial charge in [-0.25, -0.2) is 4.79 Å². The molecule has 0 atom stereocenters. The first-order valence-electron chi connectivity index (χ1n) is 7.58. The van der Waals surface area contributed by atoms with Gasteiger partial charge in [-0.3, -0.25) is 10.1 Å². The first-order chi connectivity index (χ1) is 12.3. The van der Waals surface area contributed by atoms with Crippen LogP contribution in [0.5, 0.6) is 11.5 Å². The van der Waals surface area contributed by atoms with Crippen molar-refractivity contribution in [2.45, 2.75) is 13.8 Å². The number of urea groups is 1. The molecule has 0 saturated carbocycles. The van der Waals surface area contributed by atoms with Crippen LogP contribution in [0.25, 0.3) is 0 Å². The van der Waals surface area contributed by atoms with Crippen LogP contribution in [0.4, 0.5) is 10.5 Å². The summed E-state index contributed by atoms with van der Waals surface area (Å²) in [5.74, 6) is -0.637. The van der Waals surface area contributed by atoms with Crippen molar-refractivity contribution < 1.29 is 19.1 Å². The second-order valence-electron chi connectivity index (χ2n) is 5.46. The van der Waals surface area contributed by atoms with Gasteiger partial charge in [0, 0.05) is 5.69 Å². The number of methoxy groups -OCH3 is 2. The van der Waals surface area contributed by atoms with Gasteiger partial charge in [-0.1, -0.05) is 41.4 Å². The molecule has 0 fully saturated rings. The number of imide groups is 1. The molecule has 0 aliphatic rings. The number of amides is 3. The van der Waals surface area contributed by atoms with E-state index < -0.39 is 11.9 Å². The summed E-state index contributed by atoms with van der Waals surface area (Å²) in [6, 6.07) is 6.28. The molecule has 138 valence electrons. The Labute approximate surface area is 161 Å². The number of hydrogen-bond acceptors (Lipinski definition) is 4. The van der Waals surface area contributed by atoms with E-state index in [9.17, 15) is 9.59 Å². The zero-order valence-electron chi connectivity index (χ0n) is 14.7. The highest BCUT2D eigenvalue weighted by atomic mass is 35.5. The maximum Gasteiger partial charge on any atom is 0.326 e. The van der Waals surface area contributed by atoms with Crippen LogP contribution < -0.4 is 20.1 Å². The van der Waals surface area contributed by atoms with Crippen LogP contribution in [-0.4, -0.2) is 26.2 Å². The Hall–Kier alpha value is -2.44. The normalized spacial score (nSPS) is 10.2. The molecule has 0 radical (unpaired) electrons. The number of ether oxygens (including phenoxy) is 2. The summed E-state index contributed by atoms with van der Waals surface area (Å²) in [6.45, 7) is 3.71. The van der Waals surface area contributed by atoms with Gasteiger partial charge in [0.1, 0.15) is 5.56 Å². The second-order valence-corrected chi connectivity index (χ2v) is 6.27. The molecule has 0 aliphatic heterocycles. The lowest BCUT2D eigenvalue weighted by Crippen LogP contribution is -2.35. The number of para-hydroxylation sites is 1. The third-order valence-corrected chi connectivity index (χ3v) is 4.28. The van der Waals surface area contributed by atoms with Gasteiger partial charge in [0.05, 0.1) is 24.3 Å². The molecule has 0 heterocycles. The number of halogens is 2. The van der Waals surface area contributed by atoms with Crippen molar-refractivity contribution in [2.75, 3.05) is 19.5 Å². The Morgan fingerprint density at radius 2 is 1.46 bits per heavy atom. The fourth-order valence-corrected chi connectivity index (χ4v) is 3.13. The number of nitrogens with one attached hydrogen (secondary N) is 2. The molecule has 3 amide bonds. The Morgan fingerprint density at radius 3 is 1.92 bits per heavy atom. The molecule has 0 aliphatic carbocycles. The molecule has 0 saturated heterocycles. The summed E-state index contributed by atoms with van der Waals surface area (Å²) >= 11 is 12.1. The van der Waals surface area contributed by atoms with Crippen LogP contribution in [0, 0.1) is 13.8 Å². The maximum atomic E-state index is 12.6. The lowest BCUT2D eigenvalue weighted by atomic mass is 10.1. The Balaban J connectivity index is 2.31. The molecule has 0 unspecified atom stereocenters. The minimum atomic E-state index is -0.758. The Kier molecular flexibility index (Phi) is 6.34. The number of anilines is 1. The molecule has 26 heavy (non-hydrogen) atoms. The smallest absolute Gasteiger partial charge is 0.326 e. The highest BCUT2D eigenvalue weighted by molar-refractivity contribution is 6.37. The topological polar surface area (TPSA) is 76.7 Å². The average Bonchev–Trinajstić information content (AvgIpc) is 2.57. The van der Waals surface area contributed by atoms with Crippen molar-refractivity contribution in [3.63, 3.8) is 0 Å².